The van der Waals surface area contributed by atoms with Crippen LogP contribution >= 0.6 is 63.7 Å². The second-order valence-electron chi connectivity index (χ2n) is 15.8. The second kappa shape index (κ2) is 38.3. The average molecular weight is 1500 g/mol. The number of hydrogen-bond acceptors (Lipinski definition) is 21. The van der Waals surface area contributed by atoms with Crippen molar-refractivity contribution in [2.45, 2.75) is 20.9 Å². The number of furan rings is 3. The topological polar surface area (TPSA) is 329 Å². The molecule has 6 aromatic heterocycles. The molecule has 32 heteroatoms. The van der Waals surface area contributed by atoms with Crippen LogP contribution in [0.25, 0.3) is 32.9 Å². The number of halogens is 7. The Balaban J connectivity index is 0.000000578. The zero-order valence-corrected chi connectivity index (χ0v) is 57.0. The van der Waals surface area contributed by atoms with Crippen molar-refractivity contribution in [3.05, 3.63) is 174 Å². The van der Waals surface area contributed by atoms with Gasteiger partial charge in [-0.15, -0.1) is 0 Å². The number of amidine groups is 3. The van der Waals surface area contributed by atoms with Gasteiger partial charge in [0.25, 0.3) is 6.47 Å². The van der Waals surface area contributed by atoms with Gasteiger partial charge in [-0.3, -0.25) is 24.2 Å². The number of ether oxygens (including phenoxy) is 3. The minimum absolute atomic E-state index is 0. The van der Waals surface area contributed by atoms with E-state index < -0.39 is 18.2 Å². The summed E-state index contributed by atoms with van der Waals surface area (Å²) in [6, 6.07) is 27.5. The number of alkyl halides is 1. The van der Waals surface area contributed by atoms with E-state index in [4.69, 9.17) is 63.9 Å². The Morgan fingerprint density at radius 3 is 1.60 bits per heavy atom. The number of pyridine rings is 3. The third-order valence-electron chi connectivity index (χ3n) is 10.5. The summed E-state index contributed by atoms with van der Waals surface area (Å²) in [5.41, 5.74) is 16.3. The Morgan fingerprint density at radius 1 is 0.698 bits per heavy atom. The second-order valence-corrected chi connectivity index (χ2v) is 18.9. The number of nitrogens with one attached hydrogen (secondary N) is 1. The molecule has 23 nitrogen and oxygen atoms in total. The smallest absolute Gasteiger partial charge is 1.00 e. The molecule has 3 aromatic carbocycles. The minimum atomic E-state index is -0.459. The summed E-state index contributed by atoms with van der Waals surface area (Å²) >= 11 is 12.9. The molecule has 0 aliphatic carbocycles. The summed E-state index contributed by atoms with van der Waals surface area (Å²) < 4.78 is 72.8. The number of fused-ring (bicyclic) bond motifs is 3. The first-order chi connectivity index (χ1) is 39.4. The van der Waals surface area contributed by atoms with Gasteiger partial charge in [0.2, 0.25) is 29.2 Å². The van der Waals surface area contributed by atoms with Crippen molar-refractivity contribution in [2.75, 3.05) is 39.9 Å². The SMILES string of the molecule is C.C.COc1nc(/C(N)=N/O)ccc1Br.COc1nc(/C(N)=N/OCC(=O)c2cc3ccc(F)cc3o2)ccc1Br.COc1nc(C2=NC(c3cc4ccc(F)cc4o3)CON2)ccc1Br.O=C(CBr)c1cc2ccc(F)cc2o1.O=CO[O-].[H-].[K+].[K+]. The minimum Gasteiger partial charge on any atom is -1.00 e. The largest absolute Gasteiger partial charge is 1.00 e. The Morgan fingerprint density at radius 2 is 1.14 bits per heavy atom. The number of hydrogen-bond donors (Lipinski definition) is 4. The molecule has 1 aliphatic heterocycles. The molecule has 86 heavy (non-hydrogen) atoms. The van der Waals surface area contributed by atoms with Crippen LogP contribution in [0.4, 0.5) is 13.2 Å². The van der Waals surface area contributed by atoms with Crippen molar-refractivity contribution in [3.8, 4) is 17.6 Å². The fraction of sp³-hybridized carbons (Fsp3) is 0.167. The molecule has 1 aliphatic rings. The summed E-state index contributed by atoms with van der Waals surface area (Å²) in [5.74, 6) is 0.704. The first kappa shape index (κ1) is 76.9. The van der Waals surface area contributed by atoms with Crippen LogP contribution in [0.15, 0.2) is 151 Å². The van der Waals surface area contributed by atoms with Gasteiger partial charge in [-0.2, -0.15) is 0 Å². The molecule has 1 unspecified atom stereocenters. The maximum absolute atomic E-state index is 13.3. The predicted octanol–water partition coefficient (Wildman–Crippen LogP) is 4.94. The molecule has 0 saturated carbocycles. The zero-order chi connectivity index (χ0) is 59.5. The summed E-state index contributed by atoms with van der Waals surface area (Å²) in [5, 5.41) is 25.7. The molecule has 0 fully saturated rings. The van der Waals surface area contributed by atoms with E-state index in [-0.39, 0.29) is 183 Å². The number of rotatable bonds is 14. The van der Waals surface area contributed by atoms with E-state index in [1.165, 1.54) is 62.8 Å². The Kier molecular flexibility index (Phi) is 34.3. The van der Waals surface area contributed by atoms with Crippen LogP contribution in [0, 0.1) is 17.5 Å². The first-order valence-corrected chi connectivity index (χ1v) is 26.4. The Labute approximate surface area is 608 Å². The van der Waals surface area contributed by atoms with E-state index in [0.717, 1.165) is 15.2 Å². The standard InChI is InChI=1S/C17H13BrFN3O4.C17H13BrFN3O3.C10H6BrFO2.C7H8BrN3O2.CH2O3.2CH4.2K.H/c1-24-17-11(18)4-5-12(21-17)16(20)22-25-8-13(23)15-6-9-2-3-10(19)7-14(9)26-15;1-23-17-11(18)4-5-12(21-17)16-20-13(8-24-22-16)15-6-9-2-3-10(19)7-14(9)25-15;11-5-8(13)10-3-6-1-2-7(12)4-9(6)14-10;1-13-7-4(8)2-3-5(10-7)6(9)11-12;2-1-4-3;;;;;/h2-7H,8H2,1H3,(H2,20,22);2-7,13H,8H2,1H3,(H,20,22);1-4H,5H2;2-3,12H,1H3,(H2,9,11);1,3H;2*1H4;;;/q;;;;;;;2*+1;-1/p-1. The number of benzene rings is 3. The normalized spacial score (nSPS) is 12.2. The fourth-order valence-corrected chi connectivity index (χ4v) is 8.08. The van der Waals surface area contributed by atoms with Crippen molar-refractivity contribution in [3.63, 3.8) is 0 Å². The van der Waals surface area contributed by atoms with Crippen molar-refractivity contribution in [1.29, 1.82) is 0 Å². The molecule has 0 radical (unpaired) electrons. The molecular formula is C54H50Br4F3K2N9O14. The quantitative estimate of drug-likeness (QED) is 0.0129. The third kappa shape index (κ3) is 21.9. The molecule has 446 valence electrons. The molecule has 0 bridgehead atoms. The van der Waals surface area contributed by atoms with Gasteiger partial charge in [-0.05, 0) is 139 Å². The number of hydroxylamine groups is 1. The van der Waals surface area contributed by atoms with E-state index >= 15 is 0 Å². The molecule has 0 saturated heterocycles. The molecular weight excluding hydrogens is 1450 g/mol. The van der Waals surface area contributed by atoms with Gasteiger partial charge in [0.15, 0.2) is 35.6 Å². The number of aromatic nitrogens is 3. The van der Waals surface area contributed by atoms with Gasteiger partial charge in [0, 0.05) is 34.4 Å². The number of nitrogens with two attached hydrogens (primary N) is 2. The van der Waals surface area contributed by atoms with E-state index in [1.807, 2.05) is 12.1 Å². The van der Waals surface area contributed by atoms with Crippen molar-refractivity contribution < 1.29 is 184 Å². The summed E-state index contributed by atoms with van der Waals surface area (Å²) in [7, 11) is 4.50. The van der Waals surface area contributed by atoms with E-state index in [0.29, 0.717) is 78.4 Å². The number of carbonyl (C=O) groups excluding carboxylic acids is 3. The molecule has 6 N–H and O–H groups in total. The molecule has 7 heterocycles. The molecule has 10 rings (SSSR count). The summed E-state index contributed by atoms with van der Waals surface area (Å²) in [4.78, 5) is 62.1. The van der Waals surface area contributed by atoms with Gasteiger partial charge in [0.1, 0.15) is 69.7 Å². The maximum atomic E-state index is 13.3. The van der Waals surface area contributed by atoms with Crippen molar-refractivity contribution in [2.24, 2.45) is 26.8 Å². The van der Waals surface area contributed by atoms with E-state index in [9.17, 15) is 22.8 Å². The fourth-order valence-electron chi connectivity index (χ4n) is 6.66. The van der Waals surface area contributed by atoms with Crippen molar-refractivity contribution in [1.82, 2.24) is 20.4 Å². The van der Waals surface area contributed by atoms with Gasteiger partial charge in [-0.1, -0.05) is 41.1 Å². The predicted molar refractivity (Wildman–Crippen MR) is 316 cm³/mol. The van der Waals surface area contributed by atoms with Crippen LogP contribution in [0.5, 0.6) is 17.6 Å². The van der Waals surface area contributed by atoms with Crippen LogP contribution in [0.3, 0.4) is 0 Å². The number of oxime groups is 2. The molecule has 1 atom stereocenters. The van der Waals surface area contributed by atoms with Crippen LogP contribution < -0.4 is 139 Å². The number of nitrogens with zero attached hydrogens (tertiary/aromatic N) is 6. The van der Waals surface area contributed by atoms with E-state index in [1.54, 1.807) is 55.6 Å². The van der Waals surface area contributed by atoms with Crippen molar-refractivity contribution >= 4 is 132 Å². The van der Waals surface area contributed by atoms with Gasteiger partial charge < -0.3 is 60.5 Å². The number of Topliss-reactive ketones (excluding diaryl/α,β-unsaturated/α-hetero) is 2. The number of methoxy groups -OCH3 is 3. The molecule has 0 amide bonds. The summed E-state index contributed by atoms with van der Waals surface area (Å²) in [6.07, 6.45) is 0. The number of carbonyl (C=O) groups is 3. The van der Waals surface area contributed by atoms with E-state index in [2.05, 4.69) is 104 Å². The molecule has 9 aromatic rings. The monoisotopic (exact) mass is 1500 g/mol. The van der Waals surface area contributed by atoms with Crippen LogP contribution in [0.1, 0.15) is 66.3 Å². The number of ketones is 2. The van der Waals surface area contributed by atoms with Crippen LogP contribution in [0.2, 0.25) is 0 Å². The Bertz CT molecular complexity index is 3830. The summed E-state index contributed by atoms with van der Waals surface area (Å²) in [6.45, 7) is -0.282. The molecule has 0 spiro atoms. The van der Waals surface area contributed by atoms with Gasteiger partial charge in [-0.25, -0.2) is 33.6 Å². The van der Waals surface area contributed by atoms with Gasteiger partial charge in [0.05, 0.1) is 40.1 Å². The average Bonchev–Trinajstić information content (AvgIpc) is 4.32. The number of aliphatic imine (C=N–C) groups is 1. The van der Waals surface area contributed by atoms with Crippen LogP contribution in [-0.4, -0.2) is 95.6 Å². The van der Waals surface area contributed by atoms with Crippen LogP contribution in [-0.2, 0) is 19.4 Å². The Hall–Kier alpha value is -5.15. The van der Waals surface area contributed by atoms with Gasteiger partial charge >= 0.3 is 103 Å². The zero-order valence-electron chi connectivity index (χ0n) is 45.4. The first-order valence-electron chi connectivity index (χ1n) is 22.9. The maximum Gasteiger partial charge on any atom is 1.00 e. The third-order valence-corrected chi connectivity index (χ3v) is 12.8.